The second-order valence-corrected chi connectivity index (χ2v) is 9.80. The number of aliphatic imine (C=N–C) groups is 1. The number of benzene rings is 6. The fourth-order valence-electron chi connectivity index (χ4n) is 5.62. The molecular formula is C42H40N4. The van der Waals surface area contributed by atoms with Gasteiger partial charge in [0.1, 0.15) is 0 Å². The molecule has 1 aromatic heterocycles. The Labute approximate surface area is 272 Å². The third-order valence-corrected chi connectivity index (χ3v) is 7.48. The summed E-state index contributed by atoms with van der Waals surface area (Å²) in [6.45, 7) is 18.5. The van der Waals surface area contributed by atoms with Crippen LogP contribution in [0.1, 0.15) is 33.3 Å². The minimum Gasteiger partial charge on any atom is -0.317 e. The third-order valence-electron chi connectivity index (χ3n) is 7.48. The lowest BCUT2D eigenvalue weighted by Crippen LogP contribution is -1.96. The van der Waals surface area contributed by atoms with Crippen molar-refractivity contribution < 1.29 is 0 Å². The maximum atomic E-state index is 5.50. The largest absolute Gasteiger partial charge is 0.317 e. The predicted octanol–water partition coefficient (Wildman–Crippen LogP) is 11.9. The molecule has 1 heterocycles. The Hall–Kier alpha value is -5.74. The van der Waals surface area contributed by atoms with Crippen molar-refractivity contribution in [1.82, 2.24) is 9.97 Å². The van der Waals surface area contributed by atoms with Crippen molar-refractivity contribution in [2.24, 2.45) is 4.99 Å². The molecule has 0 aliphatic rings. The van der Waals surface area contributed by atoms with Gasteiger partial charge in [-0.2, -0.15) is 0 Å². The summed E-state index contributed by atoms with van der Waals surface area (Å²) in [4.78, 5) is 14.3. The van der Waals surface area contributed by atoms with Crippen molar-refractivity contribution >= 4 is 51.7 Å². The van der Waals surface area contributed by atoms with Crippen molar-refractivity contribution in [3.05, 3.63) is 140 Å². The first-order chi connectivity index (χ1) is 22.7. The molecule has 46 heavy (non-hydrogen) atoms. The summed E-state index contributed by atoms with van der Waals surface area (Å²) in [7, 11) is 0. The van der Waals surface area contributed by atoms with E-state index in [1.165, 1.54) is 5.56 Å². The van der Waals surface area contributed by atoms with Crippen LogP contribution in [0.4, 0.5) is 0 Å². The highest BCUT2D eigenvalue weighted by Crippen LogP contribution is 2.42. The molecule has 0 saturated heterocycles. The van der Waals surface area contributed by atoms with Crippen LogP contribution in [0.25, 0.3) is 71.9 Å². The lowest BCUT2D eigenvalue weighted by Gasteiger charge is -2.17. The monoisotopic (exact) mass is 600 g/mol. The van der Waals surface area contributed by atoms with E-state index < -0.39 is 0 Å². The van der Waals surface area contributed by atoms with Crippen molar-refractivity contribution in [1.29, 1.82) is 5.41 Å². The van der Waals surface area contributed by atoms with Crippen LogP contribution in [0.3, 0.4) is 0 Å². The molecule has 7 rings (SSSR count). The van der Waals surface area contributed by atoms with Gasteiger partial charge in [-0.15, -0.1) is 0 Å². The number of para-hydroxylation sites is 2. The SMILES string of the molecule is C=N.C=NC(=C)c1c2ccccc2c(-c2ccc(-c3nc4ccccc4nc3-c3ccccc3)cc2)c2ccccc12.CC.CC. The Kier molecular flexibility index (Phi) is 11.4. The first-order valence-electron chi connectivity index (χ1n) is 15.6. The van der Waals surface area contributed by atoms with Crippen molar-refractivity contribution in [2.75, 3.05) is 0 Å². The number of rotatable bonds is 5. The van der Waals surface area contributed by atoms with E-state index in [0.717, 1.165) is 66.2 Å². The number of hydrogen-bond donors (Lipinski definition) is 1. The Morgan fingerprint density at radius 3 is 1.33 bits per heavy atom. The van der Waals surface area contributed by atoms with Gasteiger partial charge in [0, 0.05) is 16.7 Å². The van der Waals surface area contributed by atoms with Gasteiger partial charge in [0.05, 0.1) is 28.1 Å². The van der Waals surface area contributed by atoms with Crippen molar-refractivity contribution in [3.8, 4) is 33.6 Å². The molecular weight excluding hydrogens is 560 g/mol. The lowest BCUT2D eigenvalue weighted by molar-refractivity contribution is 1.29. The highest BCUT2D eigenvalue weighted by atomic mass is 14.8. The normalized spacial score (nSPS) is 10.1. The third kappa shape index (κ3) is 6.38. The maximum absolute atomic E-state index is 5.50. The average Bonchev–Trinajstić information content (AvgIpc) is 3.16. The highest BCUT2D eigenvalue weighted by molar-refractivity contribution is 6.18. The maximum Gasteiger partial charge on any atom is 0.0973 e. The van der Waals surface area contributed by atoms with Crippen LogP contribution < -0.4 is 0 Å². The van der Waals surface area contributed by atoms with E-state index in [4.69, 9.17) is 15.4 Å². The summed E-state index contributed by atoms with van der Waals surface area (Å²) in [5.41, 5.74) is 9.61. The van der Waals surface area contributed by atoms with Crippen LogP contribution >= 0.6 is 0 Å². The molecule has 4 heteroatoms. The van der Waals surface area contributed by atoms with E-state index in [2.05, 4.69) is 110 Å². The van der Waals surface area contributed by atoms with Gasteiger partial charge in [-0.1, -0.05) is 150 Å². The summed E-state index contributed by atoms with van der Waals surface area (Å²) >= 11 is 0. The average molecular weight is 601 g/mol. The first-order valence-corrected chi connectivity index (χ1v) is 15.6. The van der Waals surface area contributed by atoms with Crippen LogP contribution in [-0.4, -0.2) is 23.4 Å². The van der Waals surface area contributed by atoms with E-state index in [0.29, 0.717) is 5.70 Å². The van der Waals surface area contributed by atoms with Crippen LogP contribution in [0.2, 0.25) is 0 Å². The van der Waals surface area contributed by atoms with Gasteiger partial charge < -0.3 is 5.41 Å². The molecule has 0 saturated carbocycles. The zero-order valence-corrected chi connectivity index (χ0v) is 27.1. The number of hydrogen-bond acceptors (Lipinski definition) is 4. The van der Waals surface area contributed by atoms with E-state index in [-0.39, 0.29) is 0 Å². The van der Waals surface area contributed by atoms with Gasteiger partial charge in [0.15, 0.2) is 0 Å². The molecule has 0 atom stereocenters. The molecule has 0 radical (unpaired) electrons. The Morgan fingerprint density at radius 1 is 0.500 bits per heavy atom. The molecule has 0 fully saturated rings. The zero-order valence-electron chi connectivity index (χ0n) is 27.1. The van der Waals surface area contributed by atoms with Crippen LogP contribution in [0, 0.1) is 5.41 Å². The van der Waals surface area contributed by atoms with Gasteiger partial charge >= 0.3 is 0 Å². The fraction of sp³-hybridized carbons (Fsp3) is 0.0952. The quantitative estimate of drug-likeness (QED) is 0.158. The standard InChI is InChI=1S/C37H25N3.2C2H6.CH3N/c1-24(38-2)34-28-14-6-8-16-30(28)35(31-17-9-7-15-29(31)34)25-20-22-27(23-21-25)37-36(26-12-4-3-5-13-26)39-32-18-10-11-19-33(32)40-37;3*1-2/h3-23H,1-2H2;2*1-2H3;2H,1H2. The Bertz CT molecular complexity index is 2040. The molecule has 6 aromatic carbocycles. The van der Waals surface area contributed by atoms with E-state index in [9.17, 15) is 0 Å². The van der Waals surface area contributed by atoms with Crippen molar-refractivity contribution in [2.45, 2.75) is 27.7 Å². The van der Waals surface area contributed by atoms with Gasteiger partial charge in [-0.05, 0) is 58.2 Å². The van der Waals surface area contributed by atoms with Crippen LogP contribution in [0.15, 0.2) is 139 Å². The van der Waals surface area contributed by atoms with Gasteiger partial charge in [0.25, 0.3) is 0 Å². The molecule has 4 nitrogen and oxygen atoms in total. The molecule has 0 bridgehead atoms. The zero-order chi connectivity index (χ0) is 33.1. The van der Waals surface area contributed by atoms with E-state index >= 15 is 0 Å². The summed E-state index contributed by atoms with van der Waals surface area (Å²) in [6, 6.07) is 43.9. The fourth-order valence-corrected chi connectivity index (χ4v) is 5.62. The van der Waals surface area contributed by atoms with Gasteiger partial charge in [0.2, 0.25) is 0 Å². The molecule has 0 aliphatic carbocycles. The molecule has 0 unspecified atom stereocenters. The predicted molar refractivity (Wildman–Crippen MR) is 202 cm³/mol. The topological polar surface area (TPSA) is 62.0 Å². The Morgan fingerprint density at radius 2 is 0.870 bits per heavy atom. The minimum atomic E-state index is 0.678. The second kappa shape index (κ2) is 15.8. The van der Waals surface area contributed by atoms with E-state index in [1.54, 1.807) is 0 Å². The molecule has 0 aliphatic heterocycles. The number of aromatic nitrogens is 2. The smallest absolute Gasteiger partial charge is 0.0973 e. The van der Waals surface area contributed by atoms with Gasteiger partial charge in [-0.25, -0.2) is 9.97 Å². The summed E-state index contributed by atoms with van der Waals surface area (Å²) in [6.07, 6.45) is 0. The summed E-state index contributed by atoms with van der Waals surface area (Å²) < 4.78 is 0. The first kappa shape index (κ1) is 33.2. The highest BCUT2D eigenvalue weighted by Gasteiger charge is 2.18. The second-order valence-electron chi connectivity index (χ2n) is 9.80. The van der Waals surface area contributed by atoms with Gasteiger partial charge in [-0.3, -0.25) is 4.99 Å². The number of fused-ring (bicyclic) bond motifs is 3. The molecule has 1 N–H and O–H groups in total. The molecule has 0 spiro atoms. The molecule has 0 amide bonds. The summed E-state index contributed by atoms with van der Waals surface area (Å²) in [5.74, 6) is 0. The Balaban J connectivity index is 0.000000758. The molecule has 7 aromatic rings. The number of nitrogens with one attached hydrogen (secondary N) is 1. The minimum absolute atomic E-state index is 0.678. The van der Waals surface area contributed by atoms with Crippen LogP contribution in [-0.2, 0) is 0 Å². The summed E-state index contributed by atoms with van der Waals surface area (Å²) in [5, 5.41) is 10.0. The van der Waals surface area contributed by atoms with Crippen LogP contribution in [0.5, 0.6) is 0 Å². The number of nitrogens with zero attached hydrogens (tertiary/aromatic N) is 3. The van der Waals surface area contributed by atoms with E-state index in [1.807, 2.05) is 70.2 Å². The van der Waals surface area contributed by atoms with Crippen molar-refractivity contribution in [3.63, 3.8) is 0 Å². The molecule has 228 valence electrons. The lowest BCUT2D eigenvalue weighted by atomic mass is 9.87.